The van der Waals surface area contributed by atoms with Crippen molar-refractivity contribution in [2.75, 3.05) is 13.1 Å². The van der Waals surface area contributed by atoms with Gasteiger partial charge in [-0.3, -0.25) is 4.79 Å². The summed E-state index contributed by atoms with van der Waals surface area (Å²) in [5.74, 6) is -0.133. The van der Waals surface area contributed by atoms with Crippen LogP contribution in [0.3, 0.4) is 0 Å². The number of halogens is 1. The van der Waals surface area contributed by atoms with Crippen LogP contribution in [0.1, 0.15) is 24.5 Å². The second-order valence-corrected chi connectivity index (χ2v) is 3.96. The SMILES string of the molecule is CCNC(=O)CCNCc1ccc(F)c(C)c1. The van der Waals surface area contributed by atoms with E-state index < -0.39 is 0 Å². The molecule has 1 rings (SSSR count). The number of carbonyl (C=O) groups excluding carboxylic acids is 1. The Balaban J connectivity index is 2.26. The molecule has 0 aromatic heterocycles. The van der Waals surface area contributed by atoms with E-state index in [1.165, 1.54) is 6.07 Å². The third kappa shape index (κ3) is 4.95. The first kappa shape index (κ1) is 13.6. The number of rotatable bonds is 6. The number of amides is 1. The fraction of sp³-hybridized carbons (Fsp3) is 0.462. The minimum Gasteiger partial charge on any atom is -0.356 e. The van der Waals surface area contributed by atoms with Gasteiger partial charge < -0.3 is 10.6 Å². The number of aryl methyl sites for hydroxylation is 1. The molecule has 1 amide bonds. The Bertz CT molecular complexity index is 380. The highest BCUT2D eigenvalue weighted by Gasteiger charge is 2.00. The van der Waals surface area contributed by atoms with Crippen LogP contribution < -0.4 is 10.6 Å². The molecule has 1 aromatic rings. The molecule has 4 heteroatoms. The van der Waals surface area contributed by atoms with Gasteiger partial charge in [0.25, 0.3) is 0 Å². The van der Waals surface area contributed by atoms with Crippen molar-refractivity contribution >= 4 is 5.91 Å². The summed E-state index contributed by atoms with van der Waals surface area (Å²) in [5.41, 5.74) is 1.67. The molecule has 17 heavy (non-hydrogen) atoms. The fourth-order valence-electron chi connectivity index (χ4n) is 1.54. The van der Waals surface area contributed by atoms with Gasteiger partial charge in [-0.05, 0) is 31.0 Å². The van der Waals surface area contributed by atoms with Crippen LogP contribution >= 0.6 is 0 Å². The standard InChI is InChI=1S/C13H19FN2O/c1-3-16-13(17)6-7-15-9-11-4-5-12(14)10(2)8-11/h4-5,8,15H,3,6-7,9H2,1-2H3,(H,16,17). The average molecular weight is 238 g/mol. The van der Waals surface area contributed by atoms with Crippen molar-refractivity contribution in [2.45, 2.75) is 26.8 Å². The second kappa shape index (κ2) is 7.01. The van der Waals surface area contributed by atoms with Gasteiger partial charge in [0, 0.05) is 26.1 Å². The first-order valence-electron chi connectivity index (χ1n) is 5.86. The van der Waals surface area contributed by atoms with Crippen LogP contribution in [0.4, 0.5) is 4.39 Å². The highest BCUT2D eigenvalue weighted by Crippen LogP contribution is 2.08. The van der Waals surface area contributed by atoms with Crippen molar-refractivity contribution in [3.63, 3.8) is 0 Å². The summed E-state index contributed by atoms with van der Waals surface area (Å²) in [5, 5.41) is 5.89. The smallest absolute Gasteiger partial charge is 0.221 e. The van der Waals surface area contributed by atoms with Gasteiger partial charge in [-0.25, -0.2) is 4.39 Å². The molecule has 0 unspecified atom stereocenters. The molecule has 1 aromatic carbocycles. The molecule has 0 saturated heterocycles. The van der Waals surface area contributed by atoms with Gasteiger partial charge >= 0.3 is 0 Å². The molecule has 0 saturated carbocycles. The van der Waals surface area contributed by atoms with E-state index in [2.05, 4.69) is 10.6 Å². The van der Waals surface area contributed by atoms with E-state index >= 15 is 0 Å². The first-order chi connectivity index (χ1) is 8.13. The van der Waals surface area contributed by atoms with Gasteiger partial charge in [0.1, 0.15) is 5.82 Å². The van der Waals surface area contributed by atoms with Gasteiger partial charge in [0.15, 0.2) is 0 Å². The molecule has 2 N–H and O–H groups in total. The summed E-state index contributed by atoms with van der Waals surface area (Å²) in [6.45, 7) is 5.58. The lowest BCUT2D eigenvalue weighted by Crippen LogP contribution is -2.27. The molecule has 0 fully saturated rings. The number of nitrogens with one attached hydrogen (secondary N) is 2. The van der Waals surface area contributed by atoms with Gasteiger partial charge in [0.2, 0.25) is 5.91 Å². The molecular weight excluding hydrogens is 219 g/mol. The molecule has 94 valence electrons. The minimum atomic E-state index is -0.184. The number of hydrogen-bond acceptors (Lipinski definition) is 2. The largest absolute Gasteiger partial charge is 0.356 e. The molecule has 3 nitrogen and oxygen atoms in total. The average Bonchev–Trinajstić information content (AvgIpc) is 2.29. The Morgan fingerprint density at radius 1 is 1.41 bits per heavy atom. The van der Waals surface area contributed by atoms with Crippen molar-refractivity contribution in [1.82, 2.24) is 10.6 Å². The van der Waals surface area contributed by atoms with E-state index in [1.54, 1.807) is 13.0 Å². The van der Waals surface area contributed by atoms with Gasteiger partial charge in [-0.2, -0.15) is 0 Å². The van der Waals surface area contributed by atoms with Crippen molar-refractivity contribution < 1.29 is 9.18 Å². The summed E-state index contributed by atoms with van der Waals surface area (Å²) >= 11 is 0. The molecule has 0 spiro atoms. The molecule has 0 radical (unpaired) electrons. The Morgan fingerprint density at radius 3 is 2.82 bits per heavy atom. The van der Waals surface area contributed by atoms with Crippen molar-refractivity contribution in [1.29, 1.82) is 0 Å². The van der Waals surface area contributed by atoms with Crippen molar-refractivity contribution in [2.24, 2.45) is 0 Å². The van der Waals surface area contributed by atoms with Gasteiger partial charge in [-0.15, -0.1) is 0 Å². The predicted octanol–water partition coefficient (Wildman–Crippen LogP) is 1.75. The van der Waals surface area contributed by atoms with Crippen LogP contribution in [-0.4, -0.2) is 19.0 Å². The quantitative estimate of drug-likeness (QED) is 0.741. The van der Waals surface area contributed by atoms with Crippen LogP contribution in [-0.2, 0) is 11.3 Å². The molecule has 0 aliphatic heterocycles. The number of carbonyl (C=O) groups is 1. The topological polar surface area (TPSA) is 41.1 Å². The highest BCUT2D eigenvalue weighted by molar-refractivity contribution is 5.75. The minimum absolute atomic E-state index is 0.0512. The normalized spacial score (nSPS) is 10.3. The Morgan fingerprint density at radius 2 is 2.18 bits per heavy atom. The predicted molar refractivity (Wildman–Crippen MR) is 66.1 cm³/mol. The van der Waals surface area contributed by atoms with E-state index in [9.17, 15) is 9.18 Å². The molecule has 0 aliphatic carbocycles. The number of benzene rings is 1. The lowest BCUT2D eigenvalue weighted by molar-refractivity contribution is -0.120. The summed E-state index contributed by atoms with van der Waals surface area (Å²) < 4.78 is 13.0. The fourth-order valence-corrected chi connectivity index (χ4v) is 1.54. The van der Waals surface area contributed by atoms with E-state index in [0.717, 1.165) is 5.56 Å². The van der Waals surface area contributed by atoms with Crippen LogP contribution in [0, 0.1) is 12.7 Å². The monoisotopic (exact) mass is 238 g/mol. The first-order valence-corrected chi connectivity index (χ1v) is 5.86. The zero-order valence-electron chi connectivity index (χ0n) is 10.3. The highest BCUT2D eigenvalue weighted by atomic mass is 19.1. The van der Waals surface area contributed by atoms with Crippen molar-refractivity contribution in [3.8, 4) is 0 Å². The Labute approximate surface area is 101 Å². The number of hydrogen-bond donors (Lipinski definition) is 2. The summed E-state index contributed by atoms with van der Waals surface area (Å²) in [7, 11) is 0. The van der Waals surface area contributed by atoms with Gasteiger partial charge in [-0.1, -0.05) is 12.1 Å². The zero-order chi connectivity index (χ0) is 12.7. The van der Waals surface area contributed by atoms with Gasteiger partial charge in [0.05, 0.1) is 0 Å². The van der Waals surface area contributed by atoms with E-state index in [4.69, 9.17) is 0 Å². The third-order valence-corrected chi connectivity index (χ3v) is 2.45. The molecule has 0 bridgehead atoms. The maximum Gasteiger partial charge on any atom is 0.221 e. The third-order valence-electron chi connectivity index (χ3n) is 2.45. The molecular formula is C13H19FN2O. The van der Waals surface area contributed by atoms with E-state index in [1.807, 2.05) is 13.0 Å². The molecule has 0 heterocycles. The summed E-state index contributed by atoms with van der Waals surface area (Å²) in [4.78, 5) is 11.2. The molecule has 0 atom stereocenters. The van der Waals surface area contributed by atoms with Crippen LogP contribution in [0.5, 0.6) is 0 Å². The Hall–Kier alpha value is -1.42. The lowest BCUT2D eigenvalue weighted by Gasteiger charge is -2.06. The molecule has 0 aliphatic rings. The summed E-state index contributed by atoms with van der Waals surface area (Å²) in [6.07, 6.45) is 0.466. The van der Waals surface area contributed by atoms with Crippen LogP contribution in [0.25, 0.3) is 0 Å². The van der Waals surface area contributed by atoms with E-state index in [0.29, 0.717) is 31.6 Å². The Kier molecular flexibility index (Phi) is 5.63. The maximum atomic E-state index is 13.0. The van der Waals surface area contributed by atoms with E-state index in [-0.39, 0.29) is 11.7 Å². The second-order valence-electron chi connectivity index (χ2n) is 3.96. The zero-order valence-corrected chi connectivity index (χ0v) is 10.3. The van der Waals surface area contributed by atoms with Crippen molar-refractivity contribution in [3.05, 3.63) is 35.1 Å². The maximum absolute atomic E-state index is 13.0. The van der Waals surface area contributed by atoms with Crippen LogP contribution in [0.2, 0.25) is 0 Å². The lowest BCUT2D eigenvalue weighted by atomic mass is 10.1. The van der Waals surface area contributed by atoms with Crippen LogP contribution in [0.15, 0.2) is 18.2 Å². The summed E-state index contributed by atoms with van der Waals surface area (Å²) in [6, 6.07) is 5.03.